The Bertz CT molecular complexity index is 1170. The minimum atomic E-state index is -0.584. The van der Waals surface area contributed by atoms with E-state index in [0.717, 1.165) is 45.2 Å². The monoisotopic (exact) mass is 463 g/mol. The molecule has 0 fully saturated rings. The summed E-state index contributed by atoms with van der Waals surface area (Å²) in [6, 6.07) is 3.80. The van der Waals surface area contributed by atoms with E-state index in [2.05, 4.69) is 16.9 Å². The maximum absolute atomic E-state index is 12.5. The van der Waals surface area contributed by atoms with Gasteiger partial charge in [0.2, 0.25) is 0 Å². The van der Waals surface area contributed by atoms with Gasteiger partial charge < -0.3 is 4.74 Å². The molecule has 2 aromatic rings. The zero-order valence-corrected chi connectivity index (χ0v) is 21.9. The minimum Gasteiger partial charge on any atom is -0.443 e. The van der Waals surface area contributed by atoms with Gasteiger partial charge >= 0.3 is 6.09 Å². The van der Waals surface area contributed by atoms with E-state index < -0.39 is 11.7 Å². The van der Waals surface area contributed by atoms with Gasteiger partial charge in [-0.1, -0.05) is 25.5 Å². The van der Waals surface area contributed by atoms with Gasteiger partial charge in [0, 0.05) is 42.2 Å². The van der Waals surface area contributed by atoms with Crippen molar-refractivity contribution in [3.8, 4) is 0 Å². The highest BCUT2D eigenvalue weighted by atomic mass is 16.6. The number of nitrogens with zero attached hydrogens (tertiary/aromatic N) is 3. The maximum Gasteiger partial charge on any atom is 0.415 e. The highest BCUT2D eigenvalue weighted by Crippen LogP contribution is 2.28. The zero-order valence-electron chi connectivity index (χ0n) is 21.9. The lowest BCUT2D eigenvalue weighted by Gasteiger charge is -2.24. The number of carbonyl (C=O) groups is 2. The second-order valence-corrected chi connectivity index (χ2v) is 9.35. The summed E-state index contributed by atoms with van der Waals surface area (Å²) in [7, 11) is 1.64. The van der Waals surface area contributed by atoms with Crippen molar-refractivity contribution in [3.05, 3.63) is 59.1 Å². The molecule has 6 heteroatoms. The highest BCUT2D eigenvalue weighted by Gasteiger charge is 2.21. The van der Waals surface area contributed by atoms with E-state index in [1.807, 2.05) is 72.8 Å². The molecule has 0 unspecified atom stereocenters. The van der Waals surface area contributed by atoms with E-state index in [1.165, 1.54) is 4.90 Å². The molecular formula is C28H37N3O3. The average Bonchev–Trinajstić information content (AvgIpc) is 2.79. The van der Waals surface area contributed by atoms with Gasteiger partial charge in [0.1, 0.15) is 11.4 Å². The number of allylic oxidation sites excluding steroid dienone is 6. The topological polar surface area (TPSA) is 72.4 Å². The summed E-state index contributed by atoms with van der Waals surface area (Å²) < 4.78 is 5.43. The Morgan fingerprint density at radius 2 is 1.65 bits per heavy atom. The standard InChI is InChI=1S/C28H37N3O3/c1-10-18(4)23(25(32)12-3)13-19(5)22(11-2)24-14-20-17-30-26(15-21(20)16-29-24)31(9)27(33)34-28(6,7)8/h11,13-17H,10,12H2,1-9H3/b19-13-,22-11+,23-18-. The summed E-state index contributed by atoms with van der Waals surface area (Å²) in [4.78, 5) is 35.4. The predicted molar refractivity (Wildman–Crippen MR) is 140 cm³/mol. The fourth-order valence-corrected chi connectivity index (χ4v) is 3.48. The fourth-order valence-electron chi connectivity index (χ4n) is 3.48. The van der Waals surface area contributed by atoms with Gasteiger partial charge in [-0.2, -0.15) is 0 Å². The Hall–Kier alpha value is -3.28. The Morgan fingerprint density at radius 1 is 1.03 bits per heavy atom. The number of amides is 1. The van der Waals surface area contributed by atoms with Crippen molar-refractivity contribution in [1.82, 2.24) is 9.97 Å². The van der Waals surface area contributed by atoms with Gasteiger partial charge in [-0.15, -0.1) is 0 Å². The average molecular weight is 464 g/mol. The van der Waals surface area contributed by atoms with Crippen LogP contribution in [0.1, 0.15) is 73.9 Å². The molecule has 34 heavy (non-hydrogen) atoms. The molecule has 0 aliphatic heterocycles. The second-order valence-electron chi connectivity index (χ2n) is 9.35. The lowest BCUT2D eigenvalue weighted by molar-refractivity contribution is -0.115. The molecule has 0 N–H and O–H groups in total. The summed E-state index contributed by atoms with van der Waals surface area (Å²) >= 11 is 0. The third-order valence-corrected chi connectivity index (χ3v) is 5.56. The zero-order chi connectivity index (χ0) is 25.6. The van der Waals surface area contributed by atoms with Gasteiger partial charge in [-0.3, -0.25) is 14.7 Å². The van der Waals surface area contributed by atoms with Gasteiger partial charge in [-0.05, 0) is 77.3 Å². The van der Waals surface area contributed by atoms with Gasteiger partial charge in [0.05, 0.1) is 5.69 Å². The van der Waals surface area contributed by atoms with E-state index in [4.69, 9.17) is 4.74 Å². The van der Waals surface area contributed by atoms with Gasteiger partial charge in [-0.25, -0.2) is 9.78 Å². The van der Waals surface area contributed by atoms with E-state index >= 15 is 0 Å². The van der Waals surface area contributed by atoms with Crippen LogP contribution in [0.2, 0.25) is 0 Å². The number of aromatic nitrogens is 2. The largest absolute Gasteiger partial charge is 0.443 e. The van der Waals surface area contributed by atoms with Crippen LogP contribution in [-0.2, 0) is 9.53 Å². The molecule has 182 valence electrons. The van der Waals surface area contributed by atoms with Crippen LogP contribution in [-0.4, -0.2) is 34.5 Å². The Morgan fingerprint density at radius 3 is 2.21 bits per heavy atom. The van der Waals surface area contributed by atoms with Crippen molar-refractivity contribution in [1.29, 1.82) is 0 Å². The number of rotatable bonds is 7. The molecule has 0 aliphatic rings. The van der Waals surface area contributed by atoms with E-state index in [-0.39, 0.29) is 5.78 Å². The molecule has 2 heterocycles. The normalized spacial score (nSPS) is 13.6. The summed E-state index contributed by atoms with van der Waals surface area (Å²) in [6.07, 6.45) is 8.33. The fraction of sp³-hybridized carbons (Fsp3) is 0.429. The SMILES string of the molecule is C\C=C(/C(C)=C\C(C(=O)CC)=C(/C)CC)c1cc2cnc(N(C)C(=O)OC(C)(C)C)cc2cn1. The van der Waals surface area contributed by atoms with Crippen molar-refractivity contribution in [3.63, 3.8) is 0 Å². The van der Waals surface area contributed by atoms with E-state index in [1.54, 1.807) is 19.4 Å². The van der Waals surface area contributed by atoms with Crippen LogP contribution in [0.15, 0.2) is 53.4 Å². The molecule has 2 rings (SSSR count). The first-order valence-corrected chi connectivity index (χ1v) is 11.7. The quantitative estimate of drug-likeness (QED) is 0.325. The van der Waals surface area contributed by atoms with Crippen LogP contribution in [0.5, 0.6) is 0 Å². The van der Waals surface area contributed by atoms with Gasteiger partial charge in [0.25, 0.3) is 0 Å². The van der Waals surface area contributed by atoms with Crippen molar-refractivity contribution in [2.45, 2.75) is 73.8 Å². The molecule has 0 bridgehead atoms. The molecule has 1 amide bonds. The summed E-state index contributed by atoms with van der Waals surface area (Å²) in [5.74, 6) is 0.632. The predicted octanol–water partition coefficient (Wildman–Crippen LogP) is 7.06. The van der Waals surface area contributed by atoms with Crippen molar-refractivity contribution in [2.75, 3.05) is 11.9 Å². The van der Waals surface area contributed by atoms with Crippen molar-refractivity contribution in [2.24, 2.45) is 0 Å². The molecule has 2 aromatic heterocycles. The molecule has 0 saturated carbocycles. The second kappa shape index (κ2) is 11.2. The number of ketones is 1. The molecule has 0 aliphatic carbocycles. The number of hydrogen-bond donors (Lipinski definition) is 0. The van der Waals surface area contributed by atoms with Gasteiger partial charge in [0.15, 0.2) is 5.78 Å². The third kappa shape index (κ3) is 6.62. The van der Waals surface area contributed by atoms with Crippen molar-refractivity contribution >= 4 is 34.0 Å². The summed E-state index contributed by atoms with van der Waals surface area (Å²) in [5.41, 5.74) is 4.02. The Kier molecular flexibility index (Phi) is 8.91. The molecule has 0 saturated heterocycles. The number of ether oxygens (including phenoxy) is 1. The number of carbonyl (C=O) groups excluding carboxylic acids is 2. The molecule has 6 nitrogen and oxygen atoms in total. The number of hydrogen-bond acceptors (Lipinski definition) is 5. The smallest absolute Gasteiger partial charge is 0.415 e. The van der Waals surface area contributed by atoms with Crippen molar-refractivity contribution < 1.29 is 14.3 Å². The van der Waals surface area contributed by atoms with Crippen LogP contribution >= 0.6 is 0 Å². The van der Waals surface area contributed by atoms with Crippen LogP contribution in [0.3, 0.4) is 0 Å². The molecular weight excluding hydrogens is 426 g/mol. The highest BCUT2D eigenvalue weighted by molar-refractivity contribution is 5.99. The van der Waals surface area contributed by atoms with Crippen LogP contribution < -0.4 is 4.90 Å². The molecule has 0 spiro atoms. The van der Waals surface area contributed by atoms with Crippen LogP contribution in [0, 0.1) is 0 Å². The Balaban J connectivity index is 2.41. The first-order chi connectivity index (χ1) is 15.9. The number of Topliss-reactive ketones (excluding diaryl/α,β-unsaturated/α-hetero) is 1. The van der Waals surface area contributed by atoms with E-state index in [0.29, 0.717) is 12.2 Å². The number of pyridine rings is 2. The summed E-state index contributed by atoms with van der Waals surface area (Å²) in [6.45, 7) is 15.4. The third-order valence-electron chi connectivity index (χ3n) is 5.56. The lowest BCUT2D eigenvalue weighted by atomic mass is 9.95. The molecule has 0 radical (unpaired) electrons. The minimum absolute atomic E-state index is 0.145. The van der Waals surface area contributed by atoms with Crippen LogP contribution in [0.4, 0.5) is 10.6 Å². The number of fused-ring (bicyclic) bond motifs is 1. The van der Waals surface area contributed by atoms with E-state index in [9.17, 15) is 9.59 Å². The first-order valence-electron chi connectivity index (χ1n) is 11.7. The molecule has 0 aromatic carbocycles. The maximum atomic E-state index is 12.5. The Labute approximate surface area is 203 Å². The lowest BCUT2D eigenvalue weighted by Crippen LogP contribution is -2.34. The number of anilines is 1. The van der Waals surface area contributed by atoms with Crippen LogP contribution in [0.25, 0.3) is 16.3 Å². The molecule has 0 atom stereocenters. The summed E-state index contributed by atoms with van der Waals surface area (Å²) in [5, 5.41) is 1.77. The first kappa shape index (κ1) is 27.0.